The first-order valence-corrected chi connectivity index (χ1v) is 3.87. The minimum Gasteiger partial charge on any atom is -0.495 e. The molecule has 0 N–H and O–H groups in total. The van der Waals surface area contributed by atoms with Gasteiger partial charge >= 0.3 is 0 Å². The number of rotatable bonds is 2. The van der Waals surface area contributed by atoms with E-state index in [2.05, 4.69) is 0 Å². The molecule has 0 saturated carbocycles. The van der Waals surface area contributed by atoms with Gasteiger partial charge in [-0.25, -0.2) is 4.39 Å². The summed E-state index contributed by atoms with van der Waals surface area (Å²) >= 11 is 0. The first kappa shape index (κ1) is 10.0. The molecule has 70 valence electrons. The highest BCUT2D eigenvalue weighted by Gasteiger charge is 2.13. The van der Waals surface area contributed by atoms with Gasteiger partial charge < -0.3 is 4.74 Å². The van der Waals surface area contributed by atoms with Crippen LogP contribution in [0.3, 0.4) is 0 Å². The van der Waals surface area contributed by atoms with E-state index in [1.54, 1.807) is 0 Å². The monoisotopic (exact) mass is 190 g/mol. The van der Waals surface area contributed by atoms with Crippen LogP contribution in [0.1, 0.15) is 11.1 Å². The molecule has 14 heavy (non-hydrogen) atoms. The molecular weight excluding hydrogens is 183 g/mol. The quantitative estimate of drug-likeness (QED) is 0.714. The van der Waals surface area contributed by atoms with Crippen LogP contribution in [0.15, 0.2) is 12.1 Å². The minimum absolute atomic E-state index is 0.107. The molecule has 1 aromatic carbocycles. The average Bonchev–Trinajstić information content (AvgIpc) is 2.21. The van der Waals surface area contributed by atoms with Crippen LogP contribution in [0.2, 0.25) is 0 Å². The highest BCUT2D eigenvalue weighted by Crippen LogP contribution is 2.26. The summed E-state index contributed by atoms with van der Waals surface area (Å²) in [7, 11) is 1.34. The fourth-order valence-electron chi connectivity index (χ4n) is 1.17. The maximum absolute atomic E-state index is 13.2. The van der Waals surface area contributed by atoms with Crippen molar-refractivity contribution >= 4 is 0 Å². The van der Waals surface area contributed by atoms with E-state index >= 15 is 0 Å². The fourth-order valence-corrected chi connectivity index (χ4v) is 1.17. The third-order valence-electron chi connectivity index (χ3n) is 1.78. The van der Waals surface area contributed by atoms with Gasteiger partial charge in [0.25, 0.3) is 0 Å². The van der Waals surface area contributed by atoms with Gasteiger partial charge in [-0.05, 0) is 12.1 Å². The molecular formula is C10H7FN2O. The zero-order valence-corrected chi connectivity index (χ0v) is 7.54. The molecule has 0 aromatic heterocycles. The average molecular weight is 190 g/mol. The molecule has 0 saturated heterocycles. The van der Waals surface area contributed by atoms with Crippen LogP contribution >= 0.6 is 0 Å². The van der Waals surface area contributed by atoms with E-state index in [-0.39, 0.29) is 23.3 Å². The van der Waals surface area contributed by atoms with Crippen LogP contribution in [0.4, 0.5) is 4.39 Å². The van der Waals surface area contributed by atoms with Crippen LogP contribution in [-0.2, 0) is 6.42 Å². The lowest BCUT2D eigenvalue weighted by Gasteiger charge is -2.07. The number of nitrogens with zero attached hydrogens (tertiary/aromatic N) is 2. The predicted molar refractivity (Wildman–Crippen MR) is 47.0 cm³/mol. The van der Waals surface area contributed by atoms with Crippen molar-refractivity contribution in [3.8, 4) is 17.9 Å². The van der Waals surface area contributed by atoms with Gasteiger partial charge in [-0.2, -0.15) is 10.5 Å². The molecule has 0 radical (unpaired) electrons. The zero-order chi connectivity index (χ0) is 10.6. The lowest BCUT2D eigenvalue weighted by Crippen LogP contribution is -1.98. The molecule has 0 amide bonds. The lowest BCUT2D eigenvalue weighted by atomic mass is 10.1. The second-order valence-electron chi connectivity index (χ2n) is 2.55. The maximum atomic E-state index is 13.2. The first-order valence-electron chi connectivity index (χ1n) is 3.87. The molecule has 0 atom stereocenters. The van der Waals surface area contributed by atoms with Crippen molar-refractivity contribution in [3.05, 3.63) is 29.1 Å². The summed E-state index contributed by atoms with van der Waals surface area (Å²) in [6.45, 7) is 0. The van der Waals surface area contributed by atoms with Crippen molar-refractivity contribution in [2.24, 2.45) is 0 Å². The van der Waals surface area contributed by atoms with Gasteiger partial charge in [0, 0.05) is 5.56 Å². The Balaban J connectivity index is 3.38. The first-order chi connectivity index (χ1) is 6.74. The molecule has 3 nitrogen and oxygen atoms in total. The standard InChI is InChI=1S/C10H7FN2O/c1-14-10-7(6-13)2-3-9(11)8(10)4-5-12/h2-3H,4H2,1H3. The summed E-state index contributed by atoms with van der Waals surface area (Å²) in [5, 5.41) is 17.2. The van der Waals surface area contributed by atoms with E-state index in [1.165, 1.54) is 13.2 Å². The largest absolute Gasteiger partial charge is 0.495 e. The Labute approximate surface area is 81.0 Å². The van der Waals surface area contributed by atoms with Gasteiger partial charge in [-0.1, -0.05) is 0 Å². The van der Waals surface area contributed by atoms with Crippen LogP contribution in [-0.4, -0.2) is 7.11 Å². The lowest BCUT2D eigenvalue weighted by molar-refractivity contribution is 0.404. The number of methoxy groups -OCH3 is 1. The van der Waals surface area contributed by atoms with Crippen molar-refractivity contribution in [3.63, 3.8) is 0 Å². The van der Waals surface area contributed by atoms with Crippen molar-refractivity contribution in [1.29, 1.82) is 10.5 Å². The van der Waals surface area contributed by atoms with Gasteiger partial charge in [-0.3, -0.25) is 0 Å². The van der Waals surface area contributed by atoms with E-state index in [1.807, 2.05) is 12.1 Å². The summed E-state index contributed by atoms with van der Waals surface area (Å²) < 4.78 is 18.1. The number of ether oxygens (including phenoxy) is 1. The Morgan fingerprint density at radius 2 is 2.14 bits per heavy atom. The van der Waals surface area contributed by atoms with Gasteiger partial charge in [0.05, 0.1) is 25.2 Å². The Morgan fingerprint density at radius 3 is 2.64 bits per heavy atom. The number of hydrogen-bond acceptors (Lipinski definition) is 3. The summed E-state index contributed by atoms with van der Waals surface area (Å²) in [6.07, 6.45) is -0.107. The molecule has 0 aliphatic rings. The van der Waals surface area contributed by atoms with Gasteiger partial charge in [-0.15, -0.1) is 0 Å². The van der Waals surface area contributed by atoms with E-state index in [9.17, 15) is 4.39 Å². The SMILES string of the molecule is COc1c(C#N)ccc(F)c1CC#N. The topological polar surface area (TPSA) is 56.8 Å². The number of halogens is 1. The fraction of sp³-hybridized carbons (Fsp3) is 0.200. The molecule has 0 aliphatic heterocycles. The van der Waals surface area contributed by atoms with Gasteiger partial charge in [0.1, 0.15) is 17.6 Å². The molecule has 1 aromatic rings. The predicted octanol–water partition coefficient (Wildman–Crippen LogP) is 1.77. The summed E-state index contributed by atoms with van der Waals surface area (Å²) in [4.78, 5) is 0. The van der Waals surface area contributed by atoms with Crippen molar-refractivity contribution < 1.29 is 9.13 Å². The normalized spacial score (nSPS) is 8.86. The highest BCUT2D eigenvalue weighted by molar-refractivity contribution is 5.49. The highest BCUT2D eigenvalue weighted by atomic mass is 19.1. The summed E-state index contributed by atoms with van der Waals surface area (Å²) in [5.74, 6) is -0.378. The third-order valence-corrected chi connectivity index (χ3v) is 1.78. The Kier molecular flexibility index (Phi) is 3.04. The van der Waals surface area contributed by atoms with Gasteiger partial charge in [0.15, 0.2) is 0 Å². The zero-order valence-electron chi connectivity index (χ0n) is 7.54. The Morgan fingerprint density at radius 1 is 1.43 bits per heavy atom. The van der Waals surface area contributed by atoms with Crippen LogP contribution in [0.25, 0.3) is 0 Å². The van der Waals surface area contributed by atoms with E-state index in [0.717, 1.165) is 6.07 Å². The minimum atomic E-state index is -0.526. The van der Waals surface area contributed by atoms with Crippen molar-refractivity contribution in [1.82, 2.24) is 0 Å². The Hall–Kier alpha value is -2.07. The van der Waals surface area contributed by atoms with E-state index in [4.69, 9.17) is 15.3 Å². The number of hydrogen-bond donors (Lipinski definition) is 0. The third kappa shape index (κ3) is 1.65. The van der Waals surface area contributed by atoms with Crippen LogP contribution in [0.5, 0.6) is 5.75 Å². The second kappa shape index (κ2) is 4.25. The summed E-state index contributed by atoms with van der Waals surface area (Å²) in [5.41, 5.74) is 0.369. The second-order valence-corrected chi connectivity index (χ2v) is 2.55. The number of nitriles is 2. The van der Waals surface area contributed by atoms with Gasteiger partial charge in [0.2, 0.25) is 0 Å². The smallest absolute Gasteiger partial charge is 0.143 e. The van der Waals surface area contributed by atoms with Crippen LogP contribution in [0, 0.1) is 28.5 Å². The number of benzene rings is 1. The van der Waals surface area contributed by atoms with Crippen molar-refractivity contribution in [2.45, 2.75) is 6.42 Å². The molecule has 0 spiro atoms. The van der Waals surface area contributed by atoms with E-state index < -0.39 is 5.82 Å². The van der Waals surface area contributed by atoms with Crippen LogP contribution < -0.4 is 4.74 Å². The van der Waals surface area contributed by atoms with E-state index in [0.29, 0.717) is 0 Å². The maximum Gasteiger partial charge on any atom is 0.143 e. The molecule has 0 bridgehead atoms. The Bertz CT molecular complexity index is 429. The molecule has 0 aliphatic carbocycles. The molecule has 1 rings (SSSR count). The van der Waals surface area contributed by atoms with Crippen molar-refractivity contribution in [2.75, 3.05) is 7.11 Å². The summed E-state index contributed by atoms with van der Waals surface area (Å²) in [6, 6.07) is 6.18. The molecule has 0 heterocycles. The molecule has 4 heteroatoms. The molecule has 0 unspecified atom stereocenters. The molecule has 0 fully saturated rings.